The number of carbonyl (C=O) groups excluding carboxylic acids is 2. The number of carbonyl (C=O) groups is 2. The maximum absolute atomic E-state index is 13.5. The van der Waals surface area contributed by atoms with Crippen molar-refractivity contribution in [2.45, 2.75) is 13.3 Å². The monoisotopic (exact) mass is 488 g/mol. The van der Waals surface area contributed by atoms with Gasteiger partial charge in [-0.15, -0.1) is 0 Å². The van der Waals surface area contributed by atoms with E-state index in [9.17, 15) is 9.59 Å². The van der Waals surface area contributed by atoms with Crippen LogP contribution in [0.3, 0.4) is 0 Å². The van der Waals surface area contributed by atoms with Crippen LogP contribution in [0.4, 0.5) is 0 Å². The molecule has 0 unspecified atom stereocenters. The Morgan fingerprint density at radius 3 is 2.31 bits per heavy atom. The molecule has 7 nitrogen and oxygen atoms in total. The van der Waals surface area contributed by atoms with Crippen molar-refractivity contribution in [2.75, 3.05) is 26.2 Å². The minimum Gasteiger partial charge on any atom is -0.463 e. The van der Waals surface area contributed by atoms with E-state index < -0.39 is 0 Å². The van der Waals surface area contributed by atoms with E-state index >= 15 is 0 Å². The topological polar surface area (TPSA) is 71.6 Å². The van der Waals surface area contributed by atoms with Gasteiger partial charge in [0, 0.05) is 42.8 Å². The van der Waals surface area contributed by atoms with E-state index in [0.717, 1.165) is 11.3 Å². The molecule has 1 fully saturated rings. The van der Waals surface area contributed by atoms with Crippen LogP contribution in [-0.4, -0.2) is 57.6 Å². The van der Waals surface area contributed by atoms with Gasteiger partial charge in [0.2, 0.25) is 0 Å². The quantitative estimate of drug-likeness (QED) is 0.401. The number of benzene rings is 2. The maximum atomic E-state index is 13.5. The summed E-state index contributed by atoms with van der Waals surface area (Å²) in [5.74, 6) is 0.433. The zero-order valence-corrected chi connectivity index (χ0v) is 20.1. The highest BCUT2D eigenvalue weighted by Crippen LogP contribution is 2.26. The lowest BCUT2D eigenvalue weighted by atomic mass is 10.1. The average Bonchev–Trinajstić information content (AvgIpc) is 3.49. The first-order chi connectivity index (χ1) is 17.0. The fourth-order valence-corrected chi connectivity index (χ4v) is 4.44. The number of nitrogens with zero attached hydrogens (tertiary/aromatic N) is 4. The summed E-state index contributed by atoms with van der Waals surface area (Å²) in [5.41, 5.74) is 3.49. The molecule has 3 heterocycles. The molecule has 5 rings (SSSR count). The third-order valence-corrected chi connectivity index (χ3v) is 6.36. The molecule has 0 saturated carbocycles. The zero-order valence-electron chi connectivity index (χ0n) is 19.4. The van der Waals surface area contributed by atoms with E-state index in [4.69, 9.17) is 16.0 Å². The molecule has 2 aromatic carbocycles. The van der Waals surface area contributed by atoms with Gasteiger partial charge in [-0.2, -0.15) is 5.10 Å². The molecule has 0 N–H and O–H groups in total. The first kappa shape index (κ1) is 22.9. The molecule has 0 atom stereocenters. The van der Waals surface area contributed by atoms with Crippen LogP contribution in [0.15, 0.2) is 77.4 Å². The van der Waals surface area contributed by atoms with Gasteiger partial charge in [0.25, 0.3) is 11.8 Å². The van der Waals surface area contributed by atoms with Crippen molar-refractivity contribution in [1.29, 1.82) is 0 Å². The van der Waals surface area contributed by atoms with Gasteiger partial charge in [-0.3, -0.25) is 9.59 Å². The number of hydrogen-bond acceptors (Lipinski definition) is 4. The van der Waals surface area contributed by atoms with Crippen LogP contribution in [0.1, 0.15) is 32.8 Å². The Hall–Kier alpha value is -3.84. The van der Waals surface area contributed by atoms with Crippen LogP contribution in [0, 0.1) is 6.92 Å². The Kier molecular flexibility index (Phi) is 6.42. The molecule has 0 bridgehead atoms. The highest BCUT2D eigenvalue weighted by molar-refractivity contribution is 6.30. The van der Waals surface area contributed by atoms with Crippen LogP contribution in [0.2, 0.25) is 5.02 Å². The lowest BCUT2D eigenvalue weighted by Gasteiger charge is -2.22. The van der Waals surface area contributed by atoms with Gasteiger partial charge in [-0.1, -0.05) is 29.3 Å². The number of furan rings is 1. The summed E-state index contributed by atoms with van der Waals surface area (Å²) in [4.78, 5) is 30.0. The Morgan fingerprint density at radius 1 is 0.886 bits per heavy atom. The van der Waals surface area contributed by atoms with Crippen molar-refractivity contribution in [2.24, 2.45) is 0 Å². The number of amides is 2. The molecule has 2 amide bonds. The van der Waals surface area contributed by atoms with Gasteiger partial charge in [-0.05, 0) is 61.9 Å². The van der Waals surface area contributed by atoms with Gasteiger partial charge in [-0.25, -0.2) is 4.68 Å². The van der Waals surface area contributed by atoms with Gasteiger partial charge < -0.3 is 14.2 Å². The summed E-state index contributed by atoms with van der Waals surface area (Å²) >= 11 is 6.05. The summed E-state index contributed by atoms with van der Waals surface area (Å²) in [6.07, 6.45) is 2.29. The van der Waals surface area contributed by atoms with Crippen LogP contribution in [-0.2, 0) is 0 Å². The largest absolute Gasteiger partial charge is 0.463 e. The minimum absolute atomic E-state index is 0.00452. The molecule has 178 valence electrons. The fourth-order valence-electron chi connectivity index (χ4n) is 4.31. The van der Waals surface area contributed by atoms with Crippen molar-refractivity contribution in [3.63, 3.8) is 0 Å². The lowest BCUT2D eigenvalue weighted by molar-refractivity contribution is 0.0715. The Morgan fingerprint density at radius 2 is 1.63 bits per heavy atom. The summed E-state index contributed by atoms with van der Waals surface area (Å²) in [6, 6.07) is 20.2. The highest BCUT2D eigenvalue weighted by atomic mass is 35.5. The van der Waals surface area contributed by atoms with Crippen LogP contribution in [0.25, 0.3) is 17.1 Å². The second-order valence-corrected chi connectivity index (χ2v) is 9.02. The summed E-state index contributed by atoms with van der Waals surface area (Å²) in [5, 5.41) is 5.24. The minimum atomic E-state index is -0.171. The van der Waals surface area contributed by atoms with Crippen LogP contribution >= 0.6 is 11.6 Å². The Balaban J connectivity index is 1.37. The number of aryl methyl sites for hydroxylation is 1. The summed E-state index contributed by atoms with van der Waals surface area (Å²) in [7, 11) is 0. The first-order valence-corrected chi connectivity index (χ1v) is 11.9. The number of hydrogen-bond donors (Lipinski definition) is 0. The Labute approximate surface area is 208 Å². The van der Waals surface area contributed by atoms with Gasteiger partial charge >= 0.3 is 0 Å². The third-order valence-electron chi connectivity index (χ3n) is 6.11. The van der Waals surface area contributed by atoms with Crippen molar-refractivity contribution in [3.05, 3.63) is 94.8 Å². The second kappa shape index (κ2) is 9.80. The van der Waals surface area contributed by atoms with E-state index in [1.807, 2.05) is 54.3 Å². The molecule has 1 saturated heterocycles. The molecule has 1 aliphatic heterocycles. The molecular formula is C27H25ClN4O3. The van der Waals surface area contributed by atoms with Crippen LogP contribution in [0.5, 0.6) is 0 Å². The molecule has 2 aromatic heterocycles. The molecule has 0 aliphatic carbocycles. The smallest absolute Gasteiger partial charge is 0.274 e. The Bertz CT molecular complexity index is 1350. The van der Waals surface area contributed by atoms with Gasteiger partial charge in [0.1, 0.15) is 5.69 Å². The average molecular weight is 489 g/mol. The van der Waals surface area contributed by atoms with E-state index in [1.165, 1.54) is 0 Å². The fraction of sp³-hybridized carbons (Fsp3) is 0.222. The van der Waals surface area contributed by atoms with Crippen molar-refractivity contribution < 1.29 is 14.0 Å². The van der Waals surface area contributed by atoms with Crippen molar-refractivity contribution >= 4 is 23.4 Å². The zero-order chi connectivity index (χ0) is 24.4. The standard InChI is InChI=1S/C27H25ClN4O3/c1-19-5-2-6-20(17-19)26(33)30-12-4-13-31(15-14-30)27(34)23-18-24(25-7-3-16-35-25)32(29-23)22-10-8-21(28)9-11-22/h2-3,5-11,16-18H,4,12-15H2,1H3. The SMILES string of the molecule is Cc1cccc(C(=O)N2CCCN(C(=O)c3cc(-c4ccco4)n(-c4ccc(Cl)cc4)n3)CC2)c1. The molecule has 0 spiro atoms. The molecule has 0 radical (unpaired) electrons. The normalized spacial score (nSPS) is 14.1. The number of halogens is 1. The van der Waals surface area contributed by atoms with Crippen molar-refractivity contribution in [1.82, 2.24) is 19.6 Å². The van der Waals surface area contributed by atoms with Crippen molar-refractivity contribution in [3.8, 4) is 17.1 Å². The molecule has 1 aliphatic rings. The van der Waals surface area contributed by atoms with E-state index in [-0.39, 0.29) is 11.8 Å². The predicted molar refractivity (Wildman–Crippen MR) is 134 cm³/mol. The van der Waals surface area contributed by atoms with E-state index in [0.29, 0.717) is 60.3 Å². The molecule has 4 aromatic rings. The van der Waals surface area contributed by atoms with E-state index in [1.54, 1.807) is 40.1 Å². The highest BCUT2D eigenvalue weighted by Gasteiger charge is 2.26. The second-order valence-electron chi connectivity index (χ2n) is 8.59. The van der Waals surface area contributed by atoms with Gasteiger partial charge in [0.15, 0.2) is 11.5 Å². The third kappa shape index (κ3) is 4.86. The predicted octanol–water partition coefficient (Wildman–Crippen LogP) is 5.08. The van der Waals surface area contributed by atoms with E-state index in [2.05, 4.69) is 5.10 Å². The maximum Gasteiger partial charge on any atom is 0.274 e. The first-order valence-electron chi connectivity index (χ1n) is 11.5. The number of rotatable bonds is 4. The van der Waals surface area contributed by atoms with Gasteiger partial charge in [0.05, 0.1) is 12.0 Å². The number of aromatic nitrogens is 2. The lowest BCUT2D eigenvalue weighted by Crippen LogP contribution is -2.37. The molecule has 35 heavy (non-hydrogen) atoms. The summed E-state index contributed by atoms with van der Waals surface area (Å²) in [6.45, 7) is 4.05. The molecule has 8 heteroatoms. The van der Waals surface area contributed by atoms with Crippen LogP contribution < -0.4 is 0 Å². The molecular weight excluding hydrogens is 464 g/mol. The summed E-state index contributed by atoms with van der Waals surface area (Å²) < 4.78 is 7.29.